The van der Waals surface area contributed by atoms with Crippen LogP contribution in [0.3, 0.4) is 0 Å². The molecule has 0 saturated carbocycles. The molecular weight excluding hydrogens is 528 g/mol. The average molecular weight is 569 g/mol. The molecule has 4 fully saturated rings. The number of carbonyl (C=O) groups excluding carboxylic acids is 3. The molecule has 2 atom stereocenters. The number of carbonyl (C=O) groups is 3. The summed E-state index contributed by atoms with van der Waals surface area (Å²) in [4.78, 5) is 56.4. The molecule has 1 spiro atoms. The monoisotopic (exact) mass is 568 g/mol. The second-order valence-corrected chi connectivity index (χ2v) is 13.0. The molecule has 222 valence electrons. The Morgan fingerprint density at radius 1 is 1.15 bits per heavy atom. The first-order valence-electron chi connectivity index (χ1n) is 14.6. The molecule has 4 aliphatic rings. The van der Waals surface area contributed by atoms with E-state index in [0.29, 0.717) is 25.0 Å². The van der Waals surface area contributed by atoms with Crippen molar-refractivity contribution >= 4 is 34.6 Å². The van der Waals surface area contributed by atoms with Crippen LogP contribution in [0.25, 0.3) is 11.0 Å². The normalized spacial score (nSPS) is 25.1. The largest absolute Gasteiger partial charge is 0.433 e. The van der Waals surface area contributed by atoms with E-state index in [0.717, 1.165) is 50.3 Å². The Morgan fingerprint density at radius 3 is 2.61 bits per heavy atom. The minimum atomic E-state index is -0.709. The molecule has 0 aliphatic carbocycles. The smallest absolute Gasteiger partial charge is 0.411 e. The number of piperazine rings is 1. The van der Waals surface area contributed by atoms with Crippen molar-refractivity contribution in [1.29, 1.82) is 0 Å². The predicted molar refractivity (Wildman–Crippen MR) is 152 cm³/mol. The molecule has 0 bridgehead atoms. The molecule has 12 nitrogen and oxygen atoms in total. The Balaban J connectivity index is 1.16. The van der Waals surface area contributed by atoms with Gasteiger partial charge >= 0.3 is 11.8 Å². The number of fused-ring (bicyclic) bond motifs is 1. The summed E-state index contributed by atoms with van der Waals surface area (Å²) in [6, 6.07) is 5.30. The molecule has 1 aromatic heterocycles. The zero-order chi connectivity index (χ0) is 29.1. The number of imide groups is 1. The fraction of sp³-hybridized carbons (Fsp3) is 0.655. The fourth-order valence-corrected chi connectivity index (χ4v) is 6.82. The van der Waals surface area contributed by atoms with E-state index in [-0.39, 0.29) is 47.9 Å². The standard InChI is InChI=1S/C29H40N6O6/c1-28(2,3)23-15-32(11-12-33(23)18-40-27(39)34-16-29(17-34)10-5-13-41-29)19-6-7-20-22(14-19)31(4)26(38)35(20)21-8-9-24(36)30-25(21)37/h6-7,14,21,23H,5,8-13,15-18H2,1-4H3,(H,30,36,37). The van der Waals surface area contributed by atoms with Crippen LogP contribution in [-0.4, -0.2) is 94.5 Å². The Kier molecular flexibility index (Phi) is 6.88. The minimum Gasteiger partial charge on any atom is -0.433 e. The number of aromatic nitrogens is 2. The van der Waals surface area contributed by atoms with Gasteiger partial charge in [0.1, 0.15) is 18.4 Å². The minimum absolute atomic E-state index is 0.0738. The summed E-state index contributed by atoms with van der Waals surface area (Å²) in [5.74, 6) is -0.748. The predicted octanol–water partition coefficient (Wildman–Crippen LogP) is 1.81. The number of amides is 3. The number of anilines is 1. The van der Waals surface area contributed by atoms with Gasteiger partial charge in [-0.1, -0.05) is 20.8 Å². The van der Waals surface area contributed by atoms with Crippen LogP contribution in [0.1, 0.15) is 52.5 Å². The highest BCUT2D eigenvalue weighted by atomic mass is 16.6. The number of hydrogen-bond donors (Lipinski definition) is 1. The molecule has 2 unspecified atom stereocenters. The topological polar surface area (TPSA) is 118 Å². The van der Waals surface area contributed by atoms with Crippen molar-refractivity contribution in [1.82, 2.24) is 24.3 Å². The zero-order valence-corrected chi connectivity index (χ0v) is 24.4. The molecule has 41 heavy (non-hydrogen) atoms. The first-order valence-corrected chi connectivity index (χ1v) is 14.6. The Morgan fingerprint density at radius 2 is 1.93 bits per heavy atom. The van der Waals surface area contributed by atoms with Crippen LogP contribution in [0.2, 0.25) is 0 Å². The van der Waals surface area contributed by atoms with Crippen LogP contribution < -0.4 is 15.9 Å². The Bertz CT molecular complexity index is 1430. The first kappa shape index (κ1) is 27.8. The van der Waals surface area contributed by atoms with E-state index in [1.165, 1.54) is 4.57 Å². The number of ether oxygens (including phenoxy) is 2. The number of nitrogens with zero attached hydrogens (tertiary/aromatic N) is 5. The number of rotatable bonds is 4. The van der Waals surface area contributed by atoms with Crippen LogP contribution in [0.5, 0.6) is 0 Å². The van der Waals surface area contributed by atoms with E-state index in [9.17, 15) is 19.2 Å². The molecule has 1 aromatic carbocycles. The van der Waals surface area contributed by atoms with E-state index >= 15 is 0 Å². The second-order valence-electron chi connectivity index (χ2n) is 13.0. The fourth-order valence-electron chi connectivity index (χ4n) is 6.82. The zero-order valence-electron chi connectivity index (χ0n) is 24.4. The Labute approximate surface area is 239 Å². The van der Waals surface area contributed by atoms with Gasteiger partial charge < -0.3 is 19.3 Å². The molecule has 6 rings (SSSR count). The van der Waals surface area contributed by atoms with Gasteiger partial charge in [-0.25, -0.2) is 9.59 Å². The van der Waals surface area contributed by atoms with Crippen molar-refractivity contribution in [2.75, 3.05) is 51.0 Å². The van der Waals surface area contributed by atoms with Gasteiger partial charge in [-0.05, 0) is 42.9 Å². The summed E-state index contributed by atoms with van der Waals surface area (Å²) in [6.07, 6.45) is 2.28. The van der Waals surface area contributed by atoms with Crippen LogP contribution in [-0.2, 0) is 26.1 Å². The highest BCUT2D eigenvalue weighted by Crippen LogP contribution is 2.36. The maximum Gasteiger partial charge on any atom is 0.411 e. The lowest BCUT2D eigenvalue weighted by Gasteiger charge is -2.48. The summed E-state index contributed by atoms with van der Waals surface area (Å²) >= 11 is 0. The van der Waals surface area contributed by atoms with E-state index in [2.05, 4.69) is 35.9 Å². The maximum atomic E-state index is 13.2. The van der Waals surface area contributed by atoms with Gasteiger partial charge in [0, 0.05) is 51.4 Å². The van der Waals surface area contributed by atoms with Gasteiger partial charge in [0.25, 0.3) is 0 Å². The Hall–Kier alpha value is -3.38. The molecule has 4 saturated heterocycles. The number of benzene rings is 1. The SMILES string of the molecule is Cn1c(=O)n(C2CCC(=O)NC2=O)c2ccc(N3CCN(COC(=O)N4CC5(CCCO5)C4)C(C(C)(C)C)C3)cc21. The van der Waals surface area contributed by atoms with Gasteiger partial charge in [-0.3, -0.25) is 28.9 Å². The van der Waals surface area contributed by atoms with Crippen molar-refractivity contribution in [2.45, 2.75) is 64.1 Å². The second kappa shape index (κ2) is 10.2. The van der Waals surface area contributed by atoms with Gasteiger partial charge in [-0.2, -0.15) is 0 Å². The lowest BCUT2D eigenvalue weighted by molar-refractivity contribution is -0.135. The van der Waals surface area contributed by atoms with Gasteiger partial charge in [-0.15, -0.1) is 0 Å². The number of imidazole rings is 1. The number of piperidine rings is 1. The van der Waals surface area contributed by atoms with Crippen molar-refractivity contribution in [3.05, 3.63) is 28.7 Å². The van der Waals surface area contributed by atoms with Gasteiger partial charge in [0.15, 0.2) is 0 Å². The summed E-state index contributed by atoms with van der Waals surface area (Å²) in [6.45, 7) is 11.0. The summed E-state index contributed by atoms with van der Waals surface area (Å²) < 4.78 is 14.7. The average Bonchev–Trinajstić information content (AvgIpc) is 3.50. The number of nitrogens with one attached hydrogen (secondary N) is 1. The summed E-state index contributed by atoms with van der Waals surface area (Å²) in [5, 5.41) is 2.36. The molecule has 0 radical (unpaired) electrons. The van der Waals surface area contributed by atoms with Crippen molar-refractivity contribution in [3.63, 3.8) is 0 Å². The quantitative estimate of drug-likeness (QED) is 0.555. The highest BCUT2D eigenvalue weighted by Gasteiger charge is 2.49. The van der Waals surface area contributed by atoms with Crippen LogP contribution in [0.15, 0.2) is 23.0 Å². The summed E-state index contributed by atoms with van der Waals surface area (Å²) in [5.41, 5.74) is 1.89. The molecule has 5 heterocycles. The molecule has 4 aliphatic heterocycles. The lowest BCUT2D eigenvalue weighted by Crippen LogP contribution is -2.64. The molecular formula is C29H40N6O6. The third-order valence-electron chi connectivity index (χ3n) is 9.21. The van der Waals surface area contributed by atoms with E-state index < -0.39 is 11.9 Å². The van der Waals surface area contributed by atoms with E-state index in [4.69, 9.17) is 9.47 Å². The van der Waals surface area contributed by atoms with Gasteiger partial charge in [0.05, 0.1) is 24.1 Å². The summed E-state index contributed by atoms with van der Waals surface area (Å²) in [7, 11) is 1.71. The number of likely N-dealkylation sites (tertiary alicyclic amines) is 1. The van der Waals surface area contributed by atoms with Crippen LogP contribution >= 0.6 is 0 Å². The van der Waals surface area contributed by atoms with Crippen molar-refractivity contribution in [3.8, 4) is 0 Å². The number of aryl methyl sites for hydroxylation is 1. The lowest BCUT2D eigenvalue weighted by atomic mass is 9.84. The first-order chi connectivity index (χ1) is 19.5. The van der Waals surface area contributed by atoms with Crippen molar-refractivity contribution in [2.24, 2.45) is 12.5 Å². The molecule has 1 N–H and O–H groups in total. The van der Waals surface area contributed by atoms with Gasteiger partial charge in [0.2, 0.25) is 11.8 Å². The van der Waals surface area contributed by atoms with Crippen LogP contribution in [0, 0.1) is 5.41 Å². The third-order valence-corrected chi connectivity index (χ3v) is 9.21. The molecule has 12 heteroatoms. The maximum absolute atomic E-state index is 13.2. The van der Waals surface area contributed by atoms with Crippen LogP contribution in [0.4, 0.5) is 10.5 Å². The third kappa shape index (κ3) is 5.01. The highest BCUT2D eigenvalue weighted by molar-refractivity contribution is 6.00. The number of hydrogen-bond acceptors (Lipinski definition) is 8. The molecule has 2 aromatic rings. The van der Waals surface area contributed by atoms with E-state index in [1.807, 2.05) is 18.2 Å². The molecule has 3 amide bonds. The van der Waals surface area contributed by atoms with Crippen molar-refractivity contribution < 1.29 is 23.9 Å². The van der Waals surface area contributed by atoms with E-state index in [1.54, 1.807) is 16.5 Å².